The summed E-state index contributed by atoms with van der Waals surface area (Å²) in [7, 11) is 0. The Morgan fingerprint density at radius 2 is 1.66 bits per heavy atom. The Morgan fingerprint density at radius 3 is 2.26 bits per heavy atom. The number of hydrogen-bond donors (Lipinski definition) is 2. The van der Waals surface area contributed by atoms with Gasteiger partial charge in [0.2, 0.25) is 5.91 Å². The fraction of sp³-hybridized carbons (Fsp3) is 0.464. The number of ether oxygens (including phenoxy) is 1. The molecule has 1 unspecified atom stereocenters. The van der Waals surface area contributed by atoms with Crippen LogP contribution >= 0.6 is 0 Å². The van der Waals surface area contributed by atoms with Gasteiger partial charge >= 0.3 is 12.1 Å². The Hall–Kier alpha value is -3.35. The molecular weight excluding hydrogens is 444 g/mol. The Balaban J connectivity index is 1.44. The van der Waals surface area contributed by atoms with Crippen molar-refractivity contribution in [3.63, 3.8) is 0 Å². The van der Waals surface area contributed by atoms with Crippen molar-refractivity contribution < 1.29 is 24.2 Å². The number of carboxylic acid groups (broad SMARTS) is 1. The first kappa shape index (κ1) is 24.8. The second-order valence-corrected chi connectivity index (χ2v) is 9.93. The highest BCUT2D eigenvalue weighted by Gasteiger charge is 2.35. The molecule has 0 aromatic heterocycles. The molecule has 1 heterocycles. The van der Waals surface area contributed by atoms with Gasteiger partial charge in [0.15, 0.2) is 0 Å². The summed E-state index contributed by atoms with van der Waals surface area (Å²) < 4.78 is 5.67. The van der Waals surface area contributed by atoms with E-state index >= 15 is 0 Å². The zero-order valence-corrected chi connectivity index (χ0v) is 20.4. The van der Waals surface area contributed by atoms with Crippen LogP contribution in [0.25, 0.3) is 11.1 Å². The van der Waals surface area contributed by atoms with Crippen molar-refractivity contribution in [1.82, 2.24) is 10.2 Å². The zero-order chi connectivity index (χ0) is 24.9. The summed E-state index contributed by atoms with van der Waals surface area (Å²) in [6, 6.07) is 15.2. The van der Waals surface area contributed by atoms with Crippen LogP contribution in [0.15, 0.2) is 48.5 Å². The van der Waals surface area contributed by atoms with E-state index in [-0.39, 0.29) is 36.8 Å². The largest absolute Gasteiger partial charge is 0.481 e. The number of rotatable bonds is 8. The molecule has 1 aliphatic heterocycles. The molecule has 1 aliphatic carbocycles. The van der Waals surface area contributed by atoms with Crippen molar-refractivity contribution >= 4 is 18.0 Å². The van der Waals surface area contributed by atoms with E-state index in [2.05, 4.69) is 29.6 Å². The number of hydrogen-bond acceptors (Lipinski definition) is 4. The normalized spacial score (nSPS) is 18.0. The highest BCUT2D eigenvalue weighted by Crippen LogP contribution is 2.44. The molecule has 2 N–H and O–H groups in total. The second-order valence-electron chi connectivity index (χ2n) is 9.93. The third-order valence-corrected chi connectivity index (χ3v) is 6.96. The number of likely N-dealkylation sites (tertiary alicyclic amines) is 1. The average Bonchev–Trinajstić information content (AvgIpc) is 3.15. The number of nitrogens with zero attached hydrogens (tertiary/aromatic N) is 1. The van der Waals surface area contributed by atoms with Crippen molar-refractivity contribution in [2.45, 2.75) is 64.0 Å². The van der Waals surface area contributed by atoms with Gasteiger partial charge in [-0.15, -0.1) is 0 Å². The minimum atomic E-state index is -0.917. The third kappa shape index (κ3) is 5.66. The van der Waals surface area contributed by atoms with E-state index in [0.717, 1.165) is 35.1 Å². The first-order valence-corrected chi connectivity index (χ1v) is 12.5. The van der Waals surface area contributed by atoms with Gasteiger partial charge in [0.1, 0.15) is 12.6 Å². The van der Waals surface area contributed by atoms with Gasteiger partial charge in [-0.25, -0.2) is 4.79 Å². The summed E-state index contributed by atoms with van der Waals surface area (Å²) in [6.07, 6.45) is 2.15. The zero-order valence-electron chi connectivity index (χ0n) is 20.4. The first-order valence-electron chi connectivity index (χ1n) is 12.5. The smallest absolute Gasteiger partial charge is 0.407 e. The van der Waals surface area contributed by atoms with E-state index in [1.165, 1.54) is 0 Å². The third-order valence-electron chi connectivity index (χ3n) is 6.96. The molecule has 2 atom stereocenters. The molecule has 4 rings (SSSR count). The van der Waals surface area contributed by atoms with E-state index in [1.807, 2.05) is 38.1 Å². The van der Waals surface area contributed by atoms with Gasteiger partial charge in [-0.3, -0.25) is 9.59 Å². The lowest BCUT2D eigenvalue weighted by atomic mass is 9.96. The number of benzene rings is 2. The standard InChI is InChI=1S/C28H34N2O5/c1-18(2)15-25(27(33)30-14-8-7-9-19(30)16-26(31)32)29-28(34)35-17-24-22-12-5-3-10-20(22)21-11-4-6-13-23(21)24/h3-6,10-13,18-19,24-25H,7-9,14-17H2,1-2H3,(H,29,34)(H,31,32)/t19?,25-/m1/s1. The minimum Gasteiger partial charge on any atom is -0.481 e. The molecule has 0 bridgehead atoms. The van der Waals surface area contributed by atoms with Crippen molar-refractivity contribution in [3.8, 4) is 11.1 Å². The summed E-state index contributed by atoms with van der Waals surface area (Å²) in [6.45, 7) is 4.67. The molecule has 0 spiro atoms. The number of carbonyl (C=O) groups excluding carboxylic acids is 2. The molecule has 1 saturated heterocycles. The number of amides is 2. The molecule has 2 aromatic rings. The van der Waals surface area contributed by atoms with Crippen LogP contribution in [0.4, 0.5) is 4.79 Å². The van der Waals surface area contributed by atoms with Crippen molar-refractivity contribution in [2.24, 2.45) is 5.92 Å². The molecule has 7 heteroatoms. The molecule has 7 nitrogen and oxygen atoms in total. The number of alkyl carbamates (subject to hydrolysis) is 1. The van der Waals surface area contributed by atoms with Gasteiger partial charge in [-0.05, 0) is 53.9 Å². The Bertz CT molecular complexity index is 1040. The molecule has 2 aliphatic rings. The number of nitrogens with one attached hydrogen (secondary N) is 1. The lowest BCUT2D eigenvalue weighted by Crippen LogP contribution is -2.54. The number of carbonyl (C=O) groups is 3. The summed E-state index contributed by atoms with van der Waals surface area (Å²) in [4.78, 5) is 39.2. The fourth-order valence-corrected chi connectivity index (χ4v) is 5.38. The maximum absolute atomic E-state index is 13.4. The van der Waals surface area contributed by atoms with E-state index in [4.69, 9.17) is 4.74 Å². The summed E-state index contributed by atoms with van der Waals surface area (Å²) in [5.74, 6) is -1.03. The summed E-state index contributed by atoms with van der Waals surface area (Å²) >= 11 is 0. The van der Waals surface area contributed by atoms with Crippen LogP contribution in [0, 0.1) is 5.92 Å². The fourth-order valence-electron chi connectivity index (χ4n) is 5.38. The lowest BCUT2D eigenvalue weighted by Gasteiger charge is -2.37. The van der Waals surface area contributed by atoms with Crippen LogP contribution in [0.3, 0.4) is 0 Å². The van der Waals surface area contributed by atoms with E-state index in [9.17, 15) is 19.5 Å². The molecule has 2 amide bonds. The van der Waals surface area contributed by atoms with E-state index < -0.39 is 18.1 Å². The molecular formula is C28H34N2O5. The maximum atomic E-state index is 13.4. The highest BCUT2D eigenvalue weighted by molar-refractivity contribution is 5.86. The van der Waals surface area contributed by atoms with Crippen molar-refractivity contribution in [2.75, 3.05) is 13.2 Å². The Morgan fingerprint density at radius 1 is 1.03 bits per heavy atom. The van der Waals surface area contributed by atoms with Crippen LogP contribution in [0.5, 0.6) is 0 Å². The van der Waals surface area contributed by atoms with Crippen LogP contribution in [0.2, 0.25) is 0 Å². The number of fused-ring (bicyclic) bond motifs is 3. The maximum Gasteiger partial charge on any atom is 0.407 e. The van der Waals surface area contributed by atoms with Gasteiger partial charge in [-0.1, -0.05) is 62.4 Å². The number of aliphatic carboxylic acids is 1. The topological polar surface area (TPSA) is 95.9 Å². The predicted octanol–water partition coefficient (Wildman–Crippen LogP) is 4.80. The molecule has 0 saturated carbocycles. The van der Waals surface area contributed by atoms with Crippen molar-refractivity contribution in [1.29, 1.82) is 0 Å². The molecule has 0 radical (unpaired) electrons. The molecule has 186 valence electrons. The van der Waals surface area contributed by atoms with Gasteiger partial charge in [0, 0.05) is 18.5 Å². The highest BCUT2D eigenvalue weighted by atomic mass is 16.5. The quantitative estimate of drug-likeness (QED) is 0.568. The van der Waals surface area contributed by atoms with Crippen molar-refractivity contribution in [3.05, 3.63) is 59.7 Å². The Kier molecular flexibility index (Phi) is 7.73. The minimum absolute atomic E-state index is 0.0607. The Labute approximate surface area is 206 Å². The average molecular weight is 479 g/mol. The summed E-state index contributed by atoms with van der Waals surface area (Å²) in [5.41, 5.74) is 4.56. The second kappa shape index (κ2) is 10.9. The van der Waals surface area contributed by atoms with Gasteiger partial charge in [0.05, 0.1) is 6.42 Å². The van der Waals surface area contributed by atoms with Crippen LogP contribution in [-0.2, 0) is 14.3 Å². The van der Waals surface area contributed by atoms with Crippen LogP contribution in [0.1, 0.15) is 63.0 Å². The monoisotopic (exact) mass is 478 g/mol. The summed E-state index contributed by atoms with van der Waals surface area (Å²) in [5, 5.41) is 12.1. The van der Waals surface area contributed by atoms with E-state index in [0.29, 0.717) is 19.4 Å². The number of piperidine rings is 1. The van der Waals surface area contributed by atoms with Crippen LogP contribution in [-0.4, -0.2) is 53.2 Å². The van der Waals surface area contributed by atoms with Gasteiger partial charge in [-0.2, -0.15) is 0 Å². The molecule has 1 fully saturated rings. The lowest BCUT2D eigenvalue weighted by molar-refractivity contribution is -0.143. The first-order chi connectivity index (χ1) is 16.8. The van der Waals surface area contributed by atoms with E-state index in [1.54, 1.807) is 4.90 Å². The predicted molar refractivity (Wildman–Crippen MR) is 133 cm³/mol. The van der Waals surface area contributed by atoms with Gasteiger partial charge < -0.3 is 20.1 Å². The molecule has 2 aromatic carbocycles. The van der Waals surface area contributed by atoms with Gasteiger partial charge in [0.25, 0.3) is 0 Å². The SMILES string of the molecule is CC(C)C[C@@H](NC(=O)OCC1c2ccccc2-c2ccccc21)C(=O)N1CCCCC1CC(=O)O. The van der Waals surface area contributed by atoms with Crippen LogP contribution < -0.4 is 5.32 Å². The number of carboxylic acids is 1. The molecule has 35 heavy (non-hydrogen) atoms.